The molecule has 0 aliphatic heterocycles. The highest BCUT2D eigenvalue weighted by atomic mass is 35.5. The molecule has 2 aromatic rings. The molecule has 5 heteroatoms. The number of hydrogen-bond donors (Lipinski definition) is 1. The van der Waals surface area contributed by atoms with Crippen LogP contribution in [0.3, 0.4) is 0 Å². The highest BCUT2D eigenvalue weighted by molar-refractivity contribution is 7.17. The molecule has 1 heterocycles. The van der Waals surface area contributed by atoms with Gasteiger partial charge in [-0.2, -0.15) is 0 Å². The van der Waals surface area contributed by atoms with Crippen molar-refractivity contribution in [2.75, 3.05) is 0 Å². The number of carbonyl (C=O) groups excluding carboxylic acids is 1. The third-order valence-corrected chi connectivity index (χ3v) is 4.84. The lowest BCUT2D eigenvalue weighted by atomic mass is 10.1. The topological polar surface area (TPSA) is 42.0 Å². The van der Waals surface area contributed by atoms with Crippen molar-refractivity contribution in [3.63, 3.8) is 0 Å². The van der Waals surface area contributed by atoms with Gasteiger partial charge < -0.3 is 5.32 Å². The van der Waals surface area contributed by atoms with E-state index in [4.69, 9.17) is 11.6 Å². The van der Waals surface area contributed by atoms with Gasteiger partial charge in [0.1, 0.15) is 9.88 Å². The zero-order chi connectivity index (χ0) is 15.4. The summed E-state index contributed by atoms with van der Waals surface area (Å²) in [5.74, 6) is -0.0352. The normalized spacial score (nSPS) is 10.9. The lowest BCUT2D eigenvalue weighted by molar-refractivity contribution is 0.0938. The maximum atomic E-state index is 12.3. The lowest BCUT2D eigenvalue weighted by Crippen LogP contribution is -2.33. The maximum absolute atomic E-state index is 12.3. The van der Waals surface area contributed by atoms with Gasteiger partial charge in [-0.3, -0.25) is 4.79 Å². The maximum Gasteiger partial charge on any atom is 0.263 e. The van der Waals surface area contributed by atoms with Crippen LogP contribution < -0.4 is 5.32 Å². The Labute approximate surface area is 134 Å². The first-order chi connectivity index (χ1) is 10.0. The average Bonchev–Trinajstić information content (AvgIpc) is 2.86. The second-order valence-electron chi connectivity index (χ2n) is 4.93. The molecule has 1 aromatic carbocycles. The predicted molar refractivity (Wildman–Crippen MR) is 89.1 cm³/mol. The molecule has 0 unspecified atom stereocenters. The number of halogens is 1. The Balaban J connectivity index is 2.25. The molecule has 2 rings (SSSR count). The van der Waals surface area contributed by atoms with Gasteiger partial charge in [0.2, 0.25) is 0 Å². The molecule has 112 valence electrons. The number of aryl methyl sites for hydroxylation is 1. The van der Waals surface area contributed by atoms with Gasteiger partial charge in [0.05, 0.1) is 5.69 Å². The molecule has 1 N–H and O–H groups in total. The second kappa shape index (κ2) is 7.05. The number of benzene rings is 1. The fourth-order valence-electron chi connectivity index (χ4n) is 2.10. The quantitative estimate of drug-likeness (QED) is 0.867. The van der Waals surface area contributed by atoms with E-state index >= 15 is 0 Å². The number of nitrogens with zero attached hydrogens (tertiary/aromatic N) is 1. The van der Waals surface area contributed by atoms with Gasteiger partial charge in [0.15, 0.2) is 0 Å². The van der Waals surface area contributed by atoms with Crippen molar-refractivity contribution in [3.05, 3.63) is 39.9 Å². The average molecular weight is 323 g/mol. The summed E-state index contributed by atoms with van der Waals surface area (Å²) in [4.78, 5) is 17.5. The lowest BCUT2D eigenvalue weighted by Gasteiger charge is -2.13. The van der Waals surface area contributed by atoms with E-state index in [1.807, 2.05) is 31.2 Å². The molecule has 1 amide bonds. The van der Waals surface area contributed by atoms with Crippen LogP contribution in [0.1, 0.15) is 42.1 Å². The molecule has 0 aliphatic rings. The van der Waals surface area contributed by atoms with Crippen LogP contribution in [0.5, 0.6) is 0 Å². The second-order valence-corrected chi connectivity index (χ2v) is 6.37. The van der Waals surface area contributed by atoms with Gasteiger partial charge in [-0.1, -0.05) is 37.6 Å². The Morgan fingerprint density at radius 2 is 2.10 bits per heavy atom. The van der Waals surface area contributed by atoms with Crippen molar-refractivity contribution in [3.8, 4) is 10.6 Å². The fourth-order valence-corrected chi connectivity index (χ4v) is 3.25. The van der Waals surface area contributed by atoms with Crippen molar-refractivity contribution in [2.45, 2.75) is 39.7 Å². The minimum Gasteiger partial charge on any atom is -0.349 e. The monoisotopic (exact) mass is 322 g/mol. The first kappa shape index (κ1) is 16.0. The summed E-state index contributed by atoms with van der Waals surface area (Å²) in [6.07, 6.45) is 1.86. The van der Waals surface area contributed by atoms with Crippen LogP contribution in [0.4, 0.5) is 0 Å². The zero-order valence-electron chi connectivity index (χ0n) is 12.4. The number of carbonyl (C=O) groups is 1. The van der Waals surface area contributed by atoms with E-state index in [0.29, 0.717) is 9.90 Å². The molecule has 21 heavy (non-hydrogen) atoms. The van der Waals surface area contributed by atoms with Gasteiger partial charge >= 0.3 is 0 Å². The van der Waals surface area contributed by atoms with E-state index in [1.54, 1.807) is 0 Å². The molecule has 0 bridgehead atoms. The number of nitrogens with one attached hydrogen (secondary N) is 1. The first-order valence-corrected chi connectivity index (χ1v) is 8.28. The van der Waals surface area contributed by atoms with E-state index in [-0.39, 0.29) is 11.9 Å². The van der Waals surface area contributed by atoms with Gasteiger partial charge in [0.25, 0.3) is 5.91 Å². The van der Waals surface area contributed by atoms with Gasteiger partial charge in [-0.05, 0) is 31.9 Å². The van der Waals surface area contributed by atoms with Gasteiger partial charge in [-0.15, -0.1) is 11.3 Å². The third-order valence-electron chi connectivity index (χ3n) is 3.40. The molecule has 0 spiro atoms. The van der Waals surface area contributed by atoms with Crippen LogP contribution in [-0.2, 0) is 0 Å². The molecule has 0 saturated heterocycles. The van der Waals surface area contributed by atoms with Gasteiger partial charge in [0, 0.05) is 16.6 Å². The summed E-state index contributed by atoms with van der Waals surface area (Å²) in [6.45, 7) is 6.02. The number of aromatic nitrogens is 1. The minimum atomic E-state index is -0.0352. The number of amides is 1. The van der Waals surface area contributed by atoms with E-state index in [9.17, 15) is 4.79 Å². The highest BCUT2D eigenvalue weighted by Gasteiger charge is 2.18. The van der Waals surface area contributed by atoms with E-state index in [2.05, 4.69) is 24.1 Å². The molecule has 0 radical (unpaired) electrons. The Hall–Kier alpha value is -1.39. The summed E-state index contributed by atoms with van der Waals surface area (Å²) in [6, 6.07) is 7.74. The Morgan fingerprint density at radius 3 is 2.71 bits per heavy atom. The van der Waals surface area contributed by atoms with Crippen LogP contribution in [-0.4, -0.2) is 16.9 Å². The van der Waals surface area contributed by atoms with Crippen molar-refractivity contribution >= 4 is 28.8 Å². The summed E-state index contributed by atoms with van der Waals surface area (Å²) in [7, 11) is 0. The molecular formula is C16H19ClN2OS. The van der Waals surface area contributed by atoms with Gasteiger partial charge in [-0.25, -0.2) is 4.98 Å². The Morgan fingerprint density at radius 1 is 1.38 bits per heavy atom. The molecule has 0 saturated carbocycles. The van der Waals surface area contributed by atoms with Crippen molar-refractivity contribution in [2.24, 2.45) is 0 Å². The Bertz CT molecular complexity index is 635. The molecule has 0 atom stereocenters. The largest absolute Gasteiger partial charge is 0.349 e. The third kappa shape index (κ3) is 3.83. The predicted octanol–water partition coefficient (Wildman–Crippen LogP) is 4.69. The zero-order valence-corrected chi connectivity index (χ0v) is 14.0. The molecular weight excluding hydrogens is 304 g/mol. The highest BCUT2D eigenvalue weighted by Crippen LogP contribution is 2.29. The van der Waals surface area contributed by atoms with E-state index in [1.165, 1.54) is 11.3 Å². The summed E-state index contributed by atoms with van der Waals surface area (Å²) in [5.41, 5.74) is 1.70. The summed E-state index contributed by atoms with van der Waals surface area (Å²) < 4.78 is 0. The smallest absolute Gasteiger partial charge is 0.263 e. The van der Waals surface area contributed by atoms with Crippen molar-refractivity contribution in [1.29, 1.82) is 0 Å². The van der Waals surface area contributed by atoms with E-state index < -0.39 is 0 Å². The Kier molecular flexibility index (Phi) is 5.37. The van der Waals surface area contributed by atoms with Crippen LogP contribution in [0.15, 0.2) is 24.3 Å². The van der Waals surface area contributed by atoms with Crippen LogP contribution in [0.2, 0.25) is 5.02 Å². The van der Waals surface area contributed by atoms with Crippen LogP contribution in [0, 0.1) is 6.92 Å². The molecule has 0 fully saturated rings. The standard InChI is InChI=1S/C16H19ClN2OS/c1-4-13(5-2)19-15(20)14-10(3)18-16(21-14)11-7-6-8-12(17)9-11/h6-9,13H,4-5H2,1-3H3,(H,19,20). The molecule has 3 nitrogen and oxygen atoms in total. The van der Waals surface area contributed by atoms with Crippen LogP contribution in [0.25, 0.3) is 10.6 Å². The number of rotatable bonds is 5. The minimum absolute atomic E-state index is 0.0352. The summed E-state index contributed by atoms with van der Waals surface area (Å²) in [5, 5.41) is 4.55. The van der Waals surface area contributed by atoms with E-state index in [0.717, 1.165) is 29.1 Å². The number of hydrogen-bond acceptors (Lipinski definition) is 3. The molecule has 1 aromatic heterocycles. The molecule has 0 aliphatic carbocycles. The van der Waals surface area contributed by atoms with Crippen LogP contribution >= 0.6 is 22.9 Å². The number of thiazole rings is 1. The first-order valence-electron chi connectivity index (χ1n) is 7.09. The summed E-state index contributed by atoms with van der Waals surface area (Å²) >= 11 is 7.42. The van der Waals surface area contributed by atoms with Crippen molar-refractivity contribution < 1.29 is 4.79 Å². The SMILES string of the molecule is CCC(CC)NC(=O)c1sc(-c2cccc(Cl)c2)nc1C. The fraction of sp³-hybridized carbons (Fsp3) is 0.375. The van der Waals surface area contributed by atoms with Crippen molar-refractivity contribution in [1.82, 2.24) is 10.3 Å².